The van der Waals surface area contributed by atoms with Gasteiger partial charge in [-0.3, -0.25) is 4.90 Å². The second-order valence-corrected chi connectivity index (χ2v) is 6.29. The first-order valence-electron chi connectivity index (χ1n) is 7.49. The van der Waals surface area contributed by atoms with Gasteiger partial charge >= 0.3 is 0 Å². The molecule has 1 aromatic carbocycles. The van der Waals surface area contributed by atoms with E-state index in [1.165, 1.54) is 12.1 Å². The Morgan fingerprint density at radius 2 is 2.23 bits per heavy atom. The summed E-state index contributed by atoms with van der Waals surface area (Å²) >= 11 is 0. The van der Waals surface area contributed by atoms with Crippen molar-refractivity contribution in [2.45, 2.75) is 25.3 Å². The molecule has 1 atom stereocenters. The minimum atomic E-state index is -0.534. The molecule has 6 heteroatoms. The van der Waals surface area contributed by atoms with E-state index in [4.69, 9.17) is 4.52 Å². The second kappa shape index (κ2) is 5.78. The number of piperazine rings is 1. The molecule has 1 unspecified atom stereocenters. The van der Waals surface area contributed by atoms with Gasteiger partial charge in [-0.05, 0) is 38.6 Å². The topological polar surface area (TPSA) is 54.2 Å². The third-order valence-electron chi connectivity index (χ3n) is 4.33. The number of hydrogen-bond acceptors (Lipinski definition) is 5. The van der Waals surface area contributed by atoms with Crippen LogP contribution < -0.4 is 5.32 Å². The molecular formula is C16H21FN4O. The molecule has 1 aromatic heterocycles. The summed E-state index contributed by atoms with van der Waals surface area (Å²) in [6, 6.07) is 6.62. The third kappa shape index (κ3) is 2.76. The van der Waals surface area contributed by atoms with Crippen LogP contribution in [0.15, 0.2) is 28.8 Å². The van der Waals surface area contributed by atoms with Gasteiger partial charge in [-0.1, -0.05) is 17.3 Å². The average molecular weight is 304 g/mol. The van der Waals surface area contributed by atoms with Gasteiger partial charge in [-0.15, -0.1) is 0 Å². The summed E-state index contributed by atoms with van der Waals surface area (Å²) in [6.45, 7) is 6.63. The van der Waals surface area contributed by atoms with E-state index in [-0.39, 0.29) is 11.9 Å². The molecule has 0 radical (unpaired) electrons. The Morgan fingerprint density at radius 3 is 2.95 bits per heavy atom. The molecule has 0 bridgehead atoms. The lowest BCUT2D eigenvalue weighted by molar-refractivity contribution is 0.190. The average Bonchev–Trinajstić information content (AvgIpc) is 2.98. The number of nitrogens with one attached hydrogen (secondary N) is 1. The first-order valence-corrected chi connectivity index (χ1v) is 7.49. The fourth-order valence-electron chi connectivity index (χ4n) is 2.72. The molecule has 0 saturated carbocycles. The van der Waals surface area contributed by atoms with Gasteiger partial charge in [0.05, 0.1) is 11.5 Å². The highest BCUT2D eigenvalue weighted by Gasteiger charge is 2.32. The highest BCUT2D eigenvalue weighted by Crippen LogP contribution is 2.31. The Hall–Kier alpha value is -1.79. The molecule has 3 rings (SSSR count). The molecule has 1 aliphatic heterocycles. The summed E-state index contributed by atoms with van der Waals surface area (Å²) in [5.74, 6) is 0.919. The Kier molecular flexibility index (Phi) is 3.97. The van der Waals surface area contributed by atoms with Crippen LogP contribution in [0, 0.1) is 5.82 Å². The van der Waals surface area contributed by atoms with E-state index in [9.17, 15) is 4.39 Å². The van der Waals surface area contributed by atoms with Crippen LogP contribution in [0.3, 0.4) is 0 Å². The van der Waals surface area contributed by atoms with Crippen LogP contribution in [0.2, 0.25) is 0 Å². The lowest BCUT2D eigenvalue weighted by atomic mass is 9.84. The van der Waals surface area contributed by atoms with Crippen LogP contribution in [0.1, 0.15) is 37.2 Å². The highest BCUT2D eigenvalue weighted by atomic mass is 19.1. The number of rotatable bonds is 3. The van der Waals surface area contributed by atoms with Crippen molar-refractivity contribution >= 4 is 0 Å². The van der Waals surface area contributed by atoms with Crippen molar-refractivity contribution in [3.8, 4) is 0 Å². The maximum Gasteiger partial charge on any atom is 0.236 e. The summed E-state index contributed by atoms with van der Waals surface area (Å²) in [7, 11) is 2.05. The number of likely N-dealkylation sites (N-methyl/N-ethyl adjacent to an activating group) is 1. The van der Waals surface area contributed by atoms with Crippen LogP contribution in [-0.4, -0.2) is 41.7 Å². The normalized spacial score (nSPS) is 20.3. The smallest absolute Gasteiger partial charge is 0.236 e. The zero-order valence-electron chi connectivity index (χ0n) is 13.1. The van der Waals surface area contributed by atoms with E-state index in [1.54, 1.807) is 6.07 Å². The largest absolute Gasteiger partial charge is 0.338 e. The standard InChI is InChI=1S/C16H21FN4O/c1-16(2,11-5-4-6-12(17)9-11)15-19-14(20-22-15)13-10-18-7-8-21(13)3/h4-6,9,13,18H,7-8,10H2,1-3H3. The number of nitrogens with zero attached hydrogens (tertiary/aromatic N) is 3. The molecule has 5 nitrogen and oxygen atoms in total. The molecular weight excluding hydrogens is 283 g/mol. The predicted octanol–water partition coefficient (Wildman–Crippen LogP) is 2.11. The minimum Gasteiger partial charge on any atom is -0.338 e. The van der Waals surface area contributed by atoms with Crippen LogP contribution in [0.4, 0.5) is 4.39 Å². The molecule has 0 aliphatic carbocycles. The van der Waals surface area contributed by atoms with Gasteiger partial charge in [0.25, 0.3) is 0 Å². The SMILES string of the molecule is CN1CCNCC1c1noc(C(C)(C)c2cccc(F)c2)n1. The first kappa shape index (κ1) is 15.1. The van der Waals surface area contributed by atoms with Crippen LogP contribution in [-0.2, 0) is 5.41 Å². The molecule has 1 N–H and O–H groups in total. The molecule has 1 saturated heterocycles. The number of hydrogen-bond donors (Lipinski definition) is 1. The predicted molar refractivity (Wildman–Crippen MR) is 81.1 cm³/mol. The quantitative estimate of drug-likeness (QED) is 0.941. The Labute approximate surface area is 129 Å². The zero-order valence-corrected chi connectivity index (χ0v) is 13.1. The van der Waals surface area contributed by atoms with E-state index >= 15 is 0 Å². The number of aromatic nitrogens is 2. The molecule has 2 aromatic rings. The highest BCUT2D eigenvalue weighted by molar-refractivity contribution is 5.30. The lowest BCUT2D eigenvalue weighted by Gasteiger charge is -2.30. The van der Waals surface area contributed by atoms with Crippen LogP contribution in [0.5, 0.6) is 0 Å². The fraction of sp³-hybridized carbons (Fsp3) is 0.500. The molecule has 1 fully saturated rings. The zero-order chi connectivity index (χ0) is 15.7. The van der Waals surface area contributed by atoms with Crippen LogP contribution >= 0.6 is 0 Å². The van der Waals surface area contributed by atoms with Gasteiger partial charge in [-0.25, -0.2) is 4.39 Å². The third-order valence-corrected chi connectivity index (χ3v) is 4.33. The second-order valence-electron chi connectivity index (χ2n) is 6.29. The Morgan fingerprint density at radius 1 is 1.41 bits per heavy atom. The minimum absolute atomic E-state index is 0.106. The van der Waals surface area contributed by atoms with Crippen molar-refractivity contribution < 1.29 is 8.91 Å². The van der Waals surface area contributed by atoms with Gasteiger partial charge in [0, 0.05) is 19.6 Å². The molecule has 2 heterocycles. The fourth-order valence-corrected chi connectivity index (χ4v) is 2.72. The summed E-state index contributed by atoms with van der Waals surface area (Å²) in [6.07, 6.45) is 0. The van der Waals surface area contributed by atoms with Crippen molar-refractivity contribution in [2.24, 2.45) is 0 Å². The van der Waals surface area contributed by atoms with Crippen LogP contribution in [0.25, 0.3) is 0 Å². The molecule has 1 aliphatic rings. The molecule has 118 valence electrons. The number of halogens is 1. The summed E-state index contributed by atoms with van der Waals surface area (Å²) in [5.41, 5.74) is 0.284. The Balaban J connectivity index is 1.89. The summed E-state index contributed by atoms with van der Waals surface area (Å²) < 4.78 is 19.0. The van der Waals surface area contributed by atoms with Crippen molar-refractivity contribution in [3.05, 3.63) is 47.4 Å². The van der Waals surface area contributed by atoms with Gasteiger partial charge < -0.3 is 9.84 Å². The van der Waals surface area contributed by atoms with E-state index in [0.29, 0.717) is 11.7 Å². The number of benzene rings is 1. The molecule has 0 spiro atoms. The summed E-state index contributed by atoms with van der Waals surface area (Å²) in [5, 5.41) is 7.48. The first-order chi connectivity index (χ1) is 10.5. The van der Waals surface area contributed by atoms with E-state index in [1.807, 2.05) is 19.9 Å². The van der Waals surface area contributed by atoms with Gasteiger partial charge in [0.15, 0.2) is 5.82 Å². The van der Waals surface area contributed by atoms with E-state index in [0.717, 1.165) is 25.2 Å². The van der Waals surface area contributed by atoms with Crippen molar-refractivity contribution in [1.29, 1.82) is 0 Å². The maximum atomic E-state index is 13.5. The molecule has 0 amide bonds. The van der Waals surface area contributed by atoms with E-state index in [2.05, 4.69) is 27.4 Å². The Bertz CT molecular complexity index is 655. The maximum absolute atomic E-state index is 13.5. The van der Waals surface area contributed by atoms with Crippen molar-refractivity contribution in [2.75, 3.05) is 26.7 Å². The monoisotopic (exact) mass is 304 g/mol. The summed E-state index contributed by atoms with van der Waals surface area (Å²) in [4.78, 5) is 6.79. The van der Waals surface area contributed by atoms with Gasteiger partial charge in [0.1, 0.15) is 5.82 Å². The van der Waals surface area contributed by atoms with E-state index < -0.39 is 5.41 Å². The van der Waals surface area contributed by atoms with Crippen molar-refractivity contribution in [1.82, 2.24) is 20.4 Å². The van der Waals surface area contributed by atoms with Crippen molar-refractivity contribution in [3.63, 3.8) is 0 Å². The molecule has 22 heavy (non-hydrogen) atoms. The van der Waals surface area contributed by atoms with Gasteiger partial charge in [0.2, 0.25) is 5.89 Å². The lowest BCUT2D eigenvalue weighted by Crippen LogP contribution is -2.44. The van der Waals surface area contributed by atoms with Gasteiger partial charge in [-0.2, -0.15) is 4.98 Å².